The lowest BCUT2D eigenvalue weighted by atomic mass is 9.98. The maximum atomic E-state index is 10.4. The van der Waals surface area contributed by atoms with Gasteiger partial charge >= 0.3 is 0 Å². The lowest BCUT2D eigenvalue weighted by Gasteiger charge is -2.29. The summed E-state index contributed by atoms with van der Waals surface area (Å²) in [7, 11) is 3.95. The number of hydrogen-bond acceptors (Lipinski definition) is 2. The van der Waals surface area contributed by atoms with Crippen LogP contribution in [0.5, 0.6) is 0 Å². The van der Waals surface area contributed by atoms with Crippen LogP contribution in [-0.2, 0) is 0 Å². The van der Waals surface area contributed by atoms with Gasteiger partial charge in [-0.2, -0.15) is 0 Å². The van der Waals surface area contributed by atoms with Gasteiger partial charge in [-0.3, -0.25) is 0 Å². The number of aliphatic hydroxyl groups is 1. The van der Waals surface area contributed by atoms with Crippen molar-refractivity contribution in [3.63, 3.8) is 0 Å². The highest BCUT2D eigenvalue weighted by atomic mass is 35.5. The summed E-state index contributed by atoms with van der Waals surface area (Å²) in [5.74, 6) is 0. The molecule has 0 aliphatic heterocycles. The number of aliphatic hydroxyl groups excluding tert-OH is 1. The summed E-state index contributed by atoms with van der Waals surface area (Å²) in [5.41, 5.74) is 0.812. The maximum Gasteiger partial charge on any atom is 0.0945 e. The number of benzene rings is 1. The Bertz CT molecular complexity index is 368. The molecule has 0 bridgehead atoms. The zero-order valence-corrected chi connectivity index (χ0v) is 12.0. The minimum atomic E-state index is -0.542. The molecule has 0 spiro atoms. The minimum absolute atomic E-state index is 0.0947. The number of hydrogen-bond donors (Lipinski definition) is 1. The van der Waals surface area contributed by atoms with Crippen molar-refractivity contribution in [1.82, 2.24) is 4.90 Å². The Morgan fingerprint density at radius 1 is 1.24 bits per heavy atom. The van der Waals surface area contributed by atoms with Crippen LogP contribution in [0.3, 0.4) is 0 Å². The Kier molecular flexibility index (Phi) is 5.74. The molecule has 2 unspecified atom stereocenters. The highest BCUT2D eigenvalue weighted by Crippen LogP contribution is 2.29. The molecule has 96 valence electrons. The molecular weight excluding hydrogens is 257 g/mol. The zero-order valence-electron chi connectivity index (χ0n) is 10.5. The molecule has 0 aromatic heterocycles. The van der Waals surface area contributed by atoms with Gasteiger partial charge in [-0.25, -0.2) is 0 Å². The smallest absolute Gasteiger partial charge is 0.0945 e. The lowest BCUT2D eigenvalue weighted by molar-refractivity contribution is 0.0702. The second kappa shape index (κ2) is 6.60. The molecule has 0 saturated heterocycles. The molecule has 2 nitrogen and oxygen atoms in total. The van der Waals surface area contributed by atoms with E-state index in [9.17, 15) is 5.11 Å². The predicted molar refractivity (Wildman–Crippen MR) is 73.8 cm³/mol. The van der Waals surface area contributed by atoms with Crippen molar-refractivity contribution < 1.29 is 5.11 Å². The predicted octanol–water partition coefficient (Wildman–Crippen LogP) is 3.76. The molecule has 0 fully saturated rings. The van der Waals surface area contributed by atoms with E-state index in [2.05, 4.69) is 6.92 Å². The standard InChI is InChI=1S/C13H19Cl2NO/c1-4-5-12(16(2)3)13(17)9-6-7-10(14)11(15)8-9/h6-8,12-13,17H,4-5H2,1-3H3. The first kappa shape index (κ1) is 14.8. The Morgan fingerprint density at radius 2 is 1.88 bits per heavy atom. The summed E-state index contributed by atoms with van der Waals surface area (Å²) in [5, 5.41) is 11.4. The van der Waals surface area contributed by atoms with Gasteiger partial charge in [-0.1, -0.05) is 42.6 Å². The summed E-state index contributed by atoms with van der Waals surface area (Å²) >= 11 is 11.8. The molecule has 1 aromatic rings. The largest absolute Gasteiger partial charge is 0.387 e. The van der Waals surface area contributed by atoms with E-state index in [1.54, 1.807) is 12.1 Å². The number of nitrogens with zero attached hydrogens (tertiary/aromatic N) is 1. The van der Waals surface area contributed by atoms with Crippen molar-refractivity contribution in [2.45, 2.75) is 31.9 Å². The van der Waals surface area contributed by atoms with Crippen molar-refractivity contribution in [3.8, 4) is 0 Å². The van der Waals surface area contributed by atoms with Crippen LogP contribution in [0.25, 0.3) is 0 Å². The Labute approximate surface area is 113 Å². The fourth-order valence-corrected chi connectivity index (χ4v) is 2.22. The van der Waals surface area contributed by atoms with E-state index < -0.39 is 6.10 Å². The molecular formula is C13H19Cl2NO. The summed E-state index contributed by atoms with van der Waals surface area (Å²) in [6, 6.07) is 5.38. The van der Waals surface area contributed by atoms with Gasteiger partial charge in [0.2, 0.25) is 0 Å². The minimum Gasteiger partial charge on any atom is -0.387 e. The van der Waals surface area contributed by atoms with Crippen molar-refractivity contribution in [2.75, 3.05) is 14.1 Å². The first-order valence-electron chi connectivity index (χ1n) is 5.76. The highest BCUT2D eigenvalue weighted by molar-refractivity contribution is 6.42. The molecule has 2 atom stereocenters. The molecule has 1 aromatic carbocycles. The van der Waals surface area contributed by atoms with Crippen LogP contribution in [-0.4, -0.2) is 30.1 Å². The Morgan fingerprint density at radius 3 is 2.35 bits per heavy atom. The Balaban J connectivity index is 2.92. The van der Waals surface area contributed by atoms with Crippen LogP contribution >= 0.6 is 23.2 Å². The number of likely N-dealkylation sites (N-methyl/N-ethyl adjacent to an activating group) is 1. The lowest BCUT2D eigenvalue weighted by Crippen LogP contribution is -2.33. The van der Waals surface area contributed by atoms with Gasteiger partial charge in [0.15, 0.2) is 0 Å². The van der Waals surface area contributed by atoms with Crippen LogP contribution < -0.4 is 0 Å². The van der Waals surface area contributed by atoms with Crippen LogP contribution in [0.2, 0.25) is 10.0 Å². The summed E-state index contributed by atoms with van der Waals surface area (Å²) in [4.78, 5) is 2.04. The number of halogens is 2. The molecule has 17 heavy (non-hydrogen) atoms. The average Bonchev–Trinajstić information content (AvgIpc) is 2.28. The van der Waals surface area contributed by atoms with Crippen LogP contribution in [0.4, 0.5) is 0 Å². The molecule has 0 saturated carbocycles. The van der Waals surface area contributed by atoms with Gasteiger partial charge in [-0.15, -0.1) is 0 Å². The summed E-state index contributed by atoms with van der Waals surface area (Å²) in [6.45, 7) is 2.11. The van der Waals surface area contributed by atoms with Gasteiger partial charge in [0.25, 0.3) is 0 Å². The molecule has 0 radical (unpaired) electrons. The average molecular weight is 276 g/mol. The molecule has 0 aliphatic rings. The molecule has 0 heterocycles. The number of rotatable bonds is 5. The van der Waals surface area contributed by atoms with Gasteiger partial charge < -0.3 is 10.0 Å². The van der Waals surface area contributed by atoms with Crippen LogP contribution in [0.1, 0.15) is 31.4 Å². The van der Waals surface area contributed by atoms with Crippen LogP contribution in [0.15, 0.2) is 18.2 Å². The normalized spacial score (nSPS) is 15.0. The molecule has 0 amide bonds. The molecule has 1 N–H and O–H groups in total. The second-order valence-electron chi connectivity index (χ2n) is 4.44. The third kappa shape index (κ3) is 3.85. The van der Waals surface area contributed by atoms with E-state index in [1.807, 2.05) is 25.1 Å². The highest BCUT2D eigenvalue weighted by Gasteiger charge is 2.22. The summed E-state index contributed by atoms with van der Waals surface area (Å²) < 4.78 is 0. The fraction of sp³-hybridized carbons (Fsp3) is 0.538. The topological polar surface area (TPSA) is 23.5 Å². The third-order valence-electron chi connectivity index (χ3n) is 2.90. The van der Waals surface area contributed by atoms with Crippen molar-refractivity contribution >= 4 is 23.2 Å². The molecule has 0 aliphatic carbocycles. The molecule has 1 rings (SSSR count). The monoisotopic (exact) mass is 275 g/mol. The van der Waals surface area contributed by atoms with Crippen LogP contribution in [0, 0.1) is 0 Å². The van der Waals surface area contributed by atoms with Gasteiger partial charge in [0.05, 0.1) is 16.1 Å². The third-order valence-corrected chi connectivity index (χ3v) is 3.64. The maximum absolute atomic E-state index is 10.4. The van der Waals surface area contributed by atoms with E-state index in [0.717, 1.165) is 18.4 Å². The zero-order chi connectivity index (χ0) is 13.0. The van der Waals surface area contributed by atoms with E-state index >= 15 is 0 Å². The first-order valence-corrected chi connectivity index (χ1v) is 6.52. The van der Waals surface area contributed by atoms with Crippen molar-refractivity contribution in [1.29, 1.82) is 0 Å². The summed E-state index contributed by atoms with van der Waals surface area (Å²) in [6.07, 6.45) is 1.43. The van der Waals surface area contributed by atoms with E-state index in [1.165, 1.54) is 0 Å². The van der Waals surface area contributed by atoms with E-state index in [4.69, 9.17) is 23.2 Å². The quantitative estimate of drug-likeness (QED) is 0.885. The van der Waals surface area contributed by atoms with Crippen molar-refractivity contribution in [2.24, 2.45) is 0 Å². The first-order chi connectivity index (χ1) is 7.97. The van der Waals surface area contributed by atoms with E-state index in [-0.39, 0.29) is 6.04 Å². The SMILES string of the molecule is CCCC(C(O)c1ccc(Cl)c(Cl)c1)N(C)C. The Hall–Kier alpha value is -0.280. The van der Waals surface area contributed by atoms with E-state index in [0.29, 0.717) is 10.0 Å². The molecule has 4 heteroatoms. The van der Waals surface area contributed by atoms with Crippen molar-refractivity contribution in [3.05, 3.63) is 33.8 Å². The van der Waals surface area contributed by atoms with Gasteiger partial charge in [0, 0.05) is 6.04 Å². The second-order valence-corrected chi connectivity index (χ2v) is 5.25. The fourth-order valence-electron chi connectivity index (χ4n) is 1.91. The van der Waals surface area contributed by atoms with Gasteiger partial charge in [0.1, 0.15) is 0 Å². The van der Waals surface area contributed by atoms with Gasteiger partial charge in [-0.05, 0) is 38.2 Å².